The quantitative estimate of drug-likeness (QED) is 0.812. The summed E-state index contributed by atoms with van der Waals surface area (Å²) in [4.78, 5) is 4.26. The summed E-state index contributed by atoms with van der Waals surface area (Å²) in [6.45, 7) is 4.59. The molecule has 0 aliphatic carbocycles. The average molecular weight is 225 g/mol. The number of halogens is 1. The Kier molecular flexibility index (Phi) is 2.77. The largest absolute Gasteiger partial charge is 0.367 e. The second kappa shape index (κ2) is 4.06. The second-order valence-electron chi connectivity index (χ2n) is 3.55. The Bertz CT molecular complexity index is 463. The van der Waals surface area contributed by atoms with E-state index in [1.54, 1.807) is 6.20 Å². The van der Waals surface area contributed by atoms with E-state index in [2.05, 4.69) is 15.4 Å². The SMILES string of the molecule is Cc1cc2c(NCC(C)Cl)nccn2n1. The molecule has 0 bridgehead atoms. The van der Waals surface area contributed by atoms with Gasteiger partial charge in [-0.3, -0.25) is 0 Å². The lowest BCUT2D eigenvalue weighted by Gasteiger charge is -2.07. The summed E-state index contributed by atoms with van der Waals surface area (Å²) in [5.41, 5.74) is 1.96. The van der Waals surface area contributed by atoms with Crippen LogP contribution in [-0.4, -0.2) is 26.5 Å². The maximum Gasteiger partial charge on any atom is 0.152 e. The molecule has 15 heavy (non-hydrogen) atoms. The molecule has 0 aromatic carbocycles. The van der Waals surface area contributed by atoms with Crippen LogP contribution in [0.4, 0.5) is 5.82 Å². The number of aromatic nitrogens is 3. The van der Waals surface area contributed by atoms with Crippen molar-refractivity contribution >= 4 is 22.9 Å². The fraction of sp³-hybridized carbons (Fsp3) is 0.400. The van der Waals surface area contributed by atoms with Crippen molar-refractivity contribution in [2.24, 2.45) is 0 Å². The molecular weight excluding hydrogens is 212 g/mol. The molecule has 2 aromatic rings. The van der Waals surface area contributed by atoms with Crippen molar-refractivity contribution in [3.8, 4) is 0 Å². The van der Waals surface area contributed by atoms with Crippen molar-refractivity contribution in [3.63, 3.8) is 0 Å². The zero-order chi connectivity index (χ0) is 10.8. The number of alkyl halides is 1. The summed E-state index contributed by atoms with van der Waals surface area (Å²) >= 11 is 5.87. The lowest BCUT2D eigenvalue weighted by atomic mass is 10.4. The summed E-state index contributed by atoms with van der Waals surface area (Å²) < 4.78 is 1.81. The van der Waals surface area contributed by atoms with E-state index in [4.69, 9.17) is 11.6 Å². The van der Waals surface area contributed by atoms with Crippen LogP contribution in [0.5, 0.6) is 0 Å². The molecule has 4 nitrogen and oxygen atoms in total. The molecule has 5 heteroatoms. The van der Waals surface area contributed by atoms with E-state index >= 15 is 0 Å². The summed E-state index contributed by atoms with van der Waals surface area (Å²) in [7, 11) is 0. The second-order valence-corrected chi connectivity index (χ2v) is 4.30. The Morgan fingerprint density at radius 3 is 3.13 bits per heavy atom. The Balaban J connectivity index is 2.33. The van der Waals surface area contributed by atoms with Crippen LogP contribution in [0.15, 0.2) is 18.5 Å². The highest BCUT2D eigenvalue weighted by molar-refractivity contribution is 6.20. The summed E-state index contributed by atoms with van der Waals surface area (Å²) in [6.07, 6.45) is 3.55. The molecule has 0 spiro atoms. The molecule has 80 valence electrons. The first kappa shape index (κ1) is 10.2. The van der Waals surface area contributed by atoms with E-state index in [1.807, 2.05) is 30.6 Å². The highest BCUT2D eigenvalue weighted by Gasteiger charge is 2.05. The van der Waals surface area contributed by atoms with Crippen LogP contribution in [0, 0.1) is 6.92 Å². The van der Waals surface area contributed by atoms with Crippen molar-refractivity contribution in [2.45, 2.75) is 19.2 Å². The van der Waals surface area contributed by atoms with Gasteiger partial charge in [-0.25, -0.2) is 9.50 Å². The predicted octanol–water partition coefficient (Wildman–Crippen LogP) is 2.08. The first-order valence-electron chi connectivity index (χ1n) is 4.86. The zero-order valence-corrected chi connectivity index (χ0v) is 9.49. The third kappa shape index (κ3) is 2.21. The Labute approximate surface area is 93.3 Å². The fourth-order valence-electron chi connectivity index (χ4n) is 1.42. The number of rotatable bonds is 3. The van der Waals surface area contributed by atoms with E-state index in [9.17, 15) is 0 Å². The van der Waals surface area contributed by atoms with Gasteiger partial charge < -0.3 is 5.32 Å². The standard InChI is InChI=1S/C10H13ClN4/c1-7(11)6-13-10-9-5-8(2)14-15(9)4-3-12-10/h3-5,7H,6H2,1-2H3,(H,12,13). The molecule has 1 N–H and O–H groups in total. The van der Waals surface area contributed by atoms with Crippen molar-refractivity contribution in [2.75, 3.05) is 11.9 Å². The smallest absolute Gasteiger partial charge is 0.152 e. The lowest BCUT2D eigenvalue weighted by Crippen LogP contribution is -2.12. The van der Waals surface area contributed by atoms with Gasteiger partial charge in [0.15, 0.2) is 5.82 Å². The molecule has 0 saturated carbocycles. The number of anilines is 1. The first-order chi connectivity index (χ1) is 7.16. The Hall–Kier alpha value is -1.29. The third-order valence-electron chi connectivity index (χ3n) is 2.06. The van der Waals surface area contributed by atoms with Crippen molar-refractivity contribution in [3.05, 3.63) is 24.2 Å². The average Bonchev–Trinajstić information content (AvgIpc) is 2.55. The fourth-order valence-corrected chi connectivity index (χ4v) is 1.49. The highest BCUT2D eigenvalue weighted by Crippen LogP contribution is 2.14. The molecular formula is C10H13ClN4. The molecule has 0 radical (unpaired) electrons. The van der Waals surface area contributed by atoms with E-state index in [0.717, 1.165) is 17.0 Å². The molecule has 0 fully saturated rings. The van der Waals surface area contributed by atoms with Crippen LogP contribution in [0.25, 0.3) is 5.52 Å². The van der Waals surface area contributed by atoms with E-state index in [0.29, 0.717) is 6.54 Å². The first-order valence-corrected chi connectivity index (χ1v) is 5.29. The van der Waals surface area contributed by atoms with E-state index in [1.165, 1.54) is 0 Å². The van der Waals surface area contributed by atoms with E-state index in [-0.39, 0.29) is 5.38 Å². The number of nitrogens with one attached hydrogen (secondary N) is 1. The maximum atomic E-state index is 5.87. The van der Waals surface area contributed by atoms with Crippen molar-refractivity contribution in [1.82, 2.24) is 14.6 Å². The minimum Gasteiger partial charge on any atom is -0.367 e. The number of aryl methyl sites for hydroxylation is 1. The van der Waals surface area contributed by atoms with Gasteiger partial charge in [0.2, 0.25) is 0 Å². The van der Waals surface area contributed by atoms with Gasteiger partial charge in [-0.05, 0) is 19.9 Å². The van der Waals surface area contributed by atoms with Crippen LogP contribution in [0.3, 0.4) is 0 Å². The summed E-state index contributed by atoms with van der Waals surface area (Å²) in [5, 5.41) is 7.58. The molecule has 2 rings (SSSR count). The minimum absolute atomic E-state index is 0.0797. The van der Waals surface area contributed by atoms with Gasteiger partial charge in [0.05, 0.1) is 5.69 Å². The molecule has 1 unspecified atom stereocenters. The molecule has 1 atom stereocenters. The van der Waals surface area contributed by atoms with Crippen LogP contribution in [0.1, 0.15) is 12.6 Å². The third-order valence-corrected chi connectivity index (χ3v) is 2.22. The maximum absolute atomic E-state index is 5.87. The van der Waals surface area contributed by atoms with Crippen molar-refractivity contribution in [1.29, 1.82) is 0 Å². The molecule has 0 amide bonds. The van der Waals surface area contributed by atoms with Gasteiger partial charge in [0, 0.05) is 24.3 Å². The lowest BCUT2D eigenvalue weighted by molar-refractivity contribution is 0.915. The molecule has 0 saturated heterocycles. The predicted molar refractivity (Wildman–Crippen MR) is 61.5 cm³/mol. The van der Waals surface area contributed by atoms with Gasteiger partial charge in [-0.1, -0.05) is 0 Å². The normalized spacial score (nSPS) is 13.0. The van der Waals surface area contributed by atoms with Gasteiger partial charge in [-0.15, -0.1) is 11.6 Å². The zero-order valence-electron chi connectivity index (χ0n) is 8.74. The number of hydrogen-bond donors (Lipinski definition) is 1. The topological polar surface area (TPSA) is 42.2 Å². The number of fused-ring (bicyclic) bond motifs is 1. The van der Waals surface area contributed by atoms with Crippen LogP contribution in [0.2, 0.25) is 0 Å². The molecule has 0 aliphatic heterocycles. The van der Waals surface area contributed by atoms with Gasteiger partial charge >= 0.3 is 0 Å². The molecule has 0 aliphatic rings. The summed E-state index contributed by atoms with van der Waals surface area (Å²) in [6, 6.07) is 1.99. The van der Waals surface area contributed by atoms with E-state index < -0.39 is 0 Å². The minimum atomic E-state index is 0.0797. The number of nitrogens with zero attached hydrogens (tertiary/aromatic N) is 3. The Morgan fingerprint density at radius 1 is 1.60 bits per heavy atom. The summed E-state index contributed by atoms with van der Waals surface area (Å²) in [5.74, 6) is 0.825. The van der Waals surface area contributed by atoms with Crippen LogP contribution < -0.4 is 5.32 Å². The van der Waals surface area contributed by atoms with Crippen molar-refractivity contribution < 1.29 is 0 Å². The van der Waals surface area contributed by atoms with Gasteiger partial charge in [0.25, 0.3) is 0 Å². The van der Waals surface area contributed by atoms with Crippen LogP contribution in [-0.2, 0) is 0 Å². The molecule has 2 heterocycles. The number of hydrogen-bond acceptors (Lipinski definition) is 3. The van der Waals surface area contributed by atoms with Gasteiger partial charge in [0.1, 0.15) is 5.52 Å². The monoisotopic (exact) mass is 224 g/mol. The van der Waals surface area contributed by atoms with Gasteiger partial charge in [-0.2, -0.15) is 5.10 Å². The van der Waals surface area contributed by atoms with Crippen LogP contribution >= 0.6 is 11.6 Å². The molecule has 2 aromatic heterocycles. The highest BCUT2D eigenvalue weighted by atomic mass is 35.5. The Morgan fingerprint density at radius 2 is 2.40 bits per heavy atom.